The molecule has 1 aromatic carbocycles. The fraction of sp³-hybridized carbons (Fsp3) is 0.538. The minimum Gasteiger partial charge on any atom is -0.492 e. The van der Waals surface area contributed by atoms with Crippen molar-refractivity contribution in [1.29, 1.82) is 0 Å². The number of ether oxygens (including phenoxy) is 1. The van der Waals surface area contributed by atoms with Crippen molar-refractivity contribution >= 4 is 10.0 Å². The van der Waals surface area contributed by atoms with Crippen molar-refractivity contribution in [2.75, 3.05) is 26.2 Å². The highest BCUT2D eigenvalue weighted by Crippen LogP contribution is 2.15. The molecule has 1 saturated heterocycles. The molecular weight excluding hydrogens is 278 g/mol. The monoisotopic (exact) mass is 299 g/mol. The SMILES string of the molecule is CC1(NCCOc2ccc(S(N)(=O)=O)cc2)CCNC1. The number of rotatable bonds is 6. The van der Waals surface area contributed by atoms with Crippen molar-refractivity contribution in [2.45, 2.75) is 23.8 Å². The first-order valence-corrected chi connectivity index (χ1v) is 8.15. The molecule has 1 fully saturated rings. The van der Waals surface area contributed by atoms with Gasteiger partial charge in [-0.3, -0.25) is 0 Å². The molecule has 1 aromatic rings. The van der Waals surface area contributed by atoms with Gasteiger partial charge in [0.25, 0.3) is 0 Å². The van der Waals surface area contributed by atoms with E-state index in [2.05, 4.69) is 17.6 Å². The molecule has 0 spiro atoms. The molecule has 1 unspecified atom stereocenters. The Morgan fingerprint density at radius 2 is 2.10 bits per heavy atom. The summed E-state index contributed by atoms with van der Waals surface area (Å²) in [7, 11) is -3.64. The van der Waals surface area contributed by atoms with Gasteiger partial charge < -0.3 is 15.4 Å². The van der Waals surface area contributed by atoms with E-state index < -0.39 is 10.0 Å². The van der Waals surface area contributed by atoms with E-state index in [4.69, 9.17) is 9.88 Å². The Hall–Kier alpha value is -1.15. The molecule has 0 aliphatic carbocycles. The molecule has 4 N–H and O–H groups in total. The van der Waals surface area contributed by atoms with Gasteiger partial charge in [0.1, 0.15) is 12.4 Å². The van der Waals surface area contributed by atoms with Gasteiger partial charge in [-0.2, -0.15) is 0 Å². The average Bonchev–Trinajstić information content (AvgIpc) is 2.82. The average molecular weight is 299 g/mol. The van der Waals surface area contributed by atoms with Crippen LogP contribution >= 0.6 is 0 Å². The van der Waals surface area contributed by atoms with E-state index in [0.29, 0.717) is 12.4 Å². The van der Waals surface area contributed by atoms with Crippen LogP contribution < -0.4 is 20.5 Å². The van der Waals surface area contributed by atoms with Gasteiger partial charge in [-0.1, -0.05) is 0 Å². The predicted octanol–water partition coefficient (Wildman–Crippen LogP) is 0.0544. The zero-order valence-corrected chi connectivity index (χ0v) is 12.4. The van der Waals surface area contributed by atoms with E-state index in [-0.39, 0.29) is 10.4 Å². The van der Waals surface area contributed by atoms with Gasteiger partial charge in [-0.05, 0) is 44.2 Å². The van der Waals surface area contributed by atoms with Crippen LogP contribution in [0.2, 0.25) is 0 Å². The van der Waals surface area contributed by atoms with Gasteiger partial charge in [0, 0.05) is 18.6 Å². The minimum absolute atomic E-state index is 0.0903. The molecular formula is C13H21N3O3S. The van der Waals surface area contributed by atoms with Crippen molar-refractivity contribution in [2.24, 2.45) is 5.14 Å². The first-order valence-electron chi connectivity index (χ1n) is 6.61. The van der Waals surface area contributed by atoms with Gasteiger partial charge >= 0.3 is 0 Å². The van der Waals surface area contributed by atoms with E-state index in [1.54, 1.807) is 12.1 Å². The van der Waals surface area contributed by atoms with E-state index in [1.807, 2.05) is 0 Å². The van der Waals surface area contributed by atoms with Crippen LogP contribution in [-0.2, 0) is 10.0 Å². The van der Waals surface area contributed by atoms with Crippen molar-refractivity contribution in [3.63, 3.8) is 0 Å². The maximum absolute atomic E-state index is 11.1. The highest BCUT2D eigenvalue weighted by molar-refractivity contribution is 7.89. The summed E-state index contributed by atoms with van der Waals surface area (Å²) in [5, 5.41) is 11.8. The molecule has 112 valence electrons. The second-order valence-electron chi connectivity index (χ2n) is 5.28. The van der Waals surface area contributed by atoms with Crippen LogP contribution in [0.1, 0.15) is 13.3 Å². The lowest BCUT2D eigenvalue weighted by molar-refractivity contribution is 0.283. The summed E-state index contributed by atoms with van der Waals surface area (Å²) in [5.41, 5.74) is 0.140. The van der Waals surface area contributed by atoms with E-state index in [0.717, 1.165) is 26.1 Å². The molecule has 0 saturated carbocycles. The largest absolute Gasteiger partial charge is 0.492 e. The summed E-state index contributed by atoms with van der Waals surface area (Å²) >= 11 is 0. The quantitative estimate of drug-likeness (QED) is 0.646. The number of primary sulfonamides is 1. The lowest BCUT2D eigenvalue weighted by Crippen LogP contribution is -2.45. The molecule has 1 heterocycles. The number of hydrogen-bond acceptors (Lipinski definition) is 5. The van der Waals surface area contributed by atoms with Gasteiger partial charge in [0.15, 0.2) is 0 Å². The second-order valence-corrected chi connectivity index (χ2v) is 6.84. The normalized spacial score (nSPS) is 22.9. The molecule has 1 aliphatic heterocycles. The standard InChI is InChI=1S/C13H21N3O3S/c1-13(6-7-15-10-13)16-8-9-19-11-2-4-12(5-3-11)20(14,17)18/h2-5,15-16H,6-10H2,1H3,(H2,14,17,18). The third kappa shape index (κ3) is 4.17. The lowest BCUT2D eigenvalue weighted by Gasteiger charge is -2.24. The number of nitrogens with one attached hydrogen (secondary N) is 2. The van der Waals surface area contributed by atoms with Gasteiger partial charge in [0.05, 0.1) is 4.90 Å². The minimum atomic E-state index is -3.64. The highest BCUT2D eigenvalue weighted by Gasteiger charge is 2.27. The smallest absolute Gasteiger partial charge is 0.238 e. The first kappa shape index (κ1) is 15.2. The zero-order valence-electron chi connectivity index (χ0n) is 11.6. The summed E-state index contributed by atoms with van der Waals surface area (Å²) in [6.45, 7) is 5.47. The van der Waals surface area contributed by atoms with Gasteiger partial charge in [0.2, 0.25) is 10.0 Å². The molecule has 1 aliphatic rings. The third-order valence-electron chi connectivity index (χ3n) is 3.44. The predicted molar refractivity (Wildman–Crippen MR) is 77.2 cm³/mol. The Morgan fingerprint density at radius 3 is 2.65 bits per heavy atom. The van der Waals surface area contributed by atoms with Crippen LogP contribution in [0.3, 0.4) is 0 Å². The Balaban J connectivity index is 1.77. The van der Waals surface area contributed by atoms with Gasteiger partial charge in [-0.25, -0.2) is 13.6 Å². The number of sulfonamides is 1. The Labute approximate surface area is 119 Å². The molecule has 0 amide bonds. The van der Waals surface area contributed by atoms with Gasteiger partial charge in [-0.15, -0.1) is 0 Å². The Kier molecular flexibility index (Phi) is 4.64. The van der Waals surface area contributed by atoms with Crippen LogP contribution in [0.15, 0.2) is 29.2 Å². The second kappa shape index (κ2) is 6.09. The van der Waals surface area contributed by atoms with Crippen LogP contribution in [0.5, 0.6) is 5.75 Å². The molecule has 7 heteroatoms. The molecule has 1 atom stereocenters. The summed E-state index contributed by atoms with van der Waals surface area (Å²) in [6.07, 6.45) is 1.11. The maximum Gasteiger partial charge on any atom is 0.238 e. The molecule has 20 heavy (non-hydrogen) atoms. The van der Waals surface area contributed by atoms with Crippen LogP contribution in [0, 0.1) is 0 Å². The number of hydrogen-bond donors (Lipinski definition) is 3. The van der Waals surface area contributed by atoms with E-state index in [1.165, 1.54) is 12.1 Å². The van der Waals surface area contributed by atoms with Crippen LogP contribution in [0.4, 0.5) is 0 Å². The third-order valence-corrected chi connectivity index (χ3v) is 4.37. The van der Waals surface area contributed by atoms with Crippen LogP contribution in [0.25, 0.3) is 0 Å². The highest BCUT2D eigenvalue weighted by atomic mass is 32.2. The molecule has 2 rings (SSSR count). The van der Waals surface area contributed by atoms with Crippen molar-refractivity contribution in [3.8, 4) is 5.75 Å². The maximum atomic E-state index is 11.1. The topological polar surface area (TPSA) is 93.4 Å². The molecule has 6 nitrogen and oxygen atoms in total. The first-order chi connectivity index (χ1) is 9.39. The van der Waals surface area contributed by atoms with Crippen LogP contribution in [-0.4, -0.2) is 40.2 Å². The Bertz CT molecular complexity index is 536. The fourth-order valence-corrected chi connectivity index (χ4v) is 2.73. The molecule has 0 aromatic heterocycles. The zero-order chi connectivity index (χ0) is 14.6. The fourth-order valence-electron chi connectivity index (χ4n) is 2.22. The summed E-state index contributed by atoms with van der Waals surface area (Å²) in [4.78, 5) is 0.0903. The summed E-state index contributed by atoms with van der Waals surface area (Å²) < 4.78 is 27.8. The number of benzene rings is 1. The van der Waals surface area contributed by atoms with Crippen molar-refractivity contribution in [1.82, 2.24) is 10.6 Å². The van der Waals surface area contributed by atoms with E-state index >= 15 is 0 Å². The Morgan fingerprint density at radius 1 is 1.40 bits per heavy atom. The van der Waals surface area contributed by atoms with Crippen molar-refractivity contribution < 1.29 is 13.2 Å². The molecule has 0 radical (unpaired) electrons. The summed E-state index contributed by atoms with van der Waals surface area (Å²) in [6, 6.07) is 6.11. The summed E-state index contributed by atoms with van der Waals surface area (Å²) in [5.74, 6) is 0.633. The van der Waals surface area contributed by atoms with E-state index in [9.17, 15) is 8.42 Å². The molecule has 0 bridgehead atoms. The van der Waals surface area contributed by atoms with Crippen molar-refractivity contribution in [3.05, 3.63) is 24.3 Å². The number of nitrogens with two attached hydrogens (primary N) is 1. The lowest BCUT2D eigenvalue weighted by atomic mass is 10.0.